The van der Waals surface area contributed by atoms with E-state index in [1.807, 2.05) is 30.1 Å². The van der Waals surface area contributed by atoms with Crippen LogP contribution in [-0.4, -0.2) is 71.8 Å². The van der Waals surface area contributed by atoms with E-state index >= 15 is 0 Å². The van der Waals surface area contributed by atoms with Gasteiger partial charge in [0.1, 0.15) is 10.7 Å². The van der Waals surface area contributed by atoms with E-state index in [0.717, 1.165) is 18.5 Å². The fraction of sp³-hybridized carbons (Fsp3) is 0.450. The average molecular weight is 422 g/mol. The highest BCUT2D eigenvalue weighted by Crippen LogP contribution is 2.28. The molecule has 0 saturated carbocycles. The Balaban J connectivity index is 1.64. The van der Waals surface area contributed by atoms with Gasteiger partial charge in [-0.2, -0.15) is 4.31 Å². The molecule has 0 aliphatic carbocycles. The van der Waals surface area contributed by atoms with Crippen molar-refractivity contribution in [2.45, 2.75) is 11.3 Å². The van der Waals surface area contributed by atoms with Gasteiger partial charge in [0.25, 0.3) is 0 Å². The molecule has 0 amide bonds. The van der Waals surface area contributed by atoms with Crippen molar-refractivity contribution in [3.05, 3.63) is 42.1 Å². The van der Waals surface area contributed by atoms with E-state index in [-0.39, 0.29) is 4.90 Å². The highest BCUT2D eigenvalue weighted by Gasteiger charge is 2.26. The molecule has 29 heavy (non-hydrogen) atoms. The number of hydrogen-bond acceptors (Lipinski definition) is 7. The lowest BCUT2D eigenvalue weighted by Crippen LogP contribution is -2.40. The van der Waals surface area contributed by atoms with Gasteiger partial charge in [-0.05, 0) is 36.2 Å². The second kappa shape index (κ2) is 9.43. The van der Waals surface area contributed by atoms with Crippen LogP contribution in [0, 0.1) is 0 Å². The molecule has 2 aromatic rings. The van der Waals surface area contributed by atoms with Gasteiger partial charge in [-0.3, -0.25) is 0 Å². The van der Waals surface area contributed by atoms with Gasteiger partial charge >= 0.3 is 0 Å². The van der Waals surface area contributed by atoms with Crippen LogP contribution in [0.2, 0.25) is 0 Å². The molecular formula is C20H27N3O5S. The second-order valence-electron chi connectivity index (χ2n) is 6.73. The Hall–Kier alpha value is -2.36. The van der Waals surface area contributed by atoms with Gasteiger partial charge in [-0.25, -0.2) is 13.4 Å². The monoisotopic (exact) mass is 421 g/mol. The molecule has 0 bridgehead atoms. The summed E-state index contributed by atoms with van der Waals surface area (Å²) < 4.78 is 42.6. The lowest BCUT2D eigenvalue weighted by atomic mass is 10.1. The summed E-state index contributed by atoms with van der Waals surface area (Å²) >= 11 is 0. The first kappa shape index (κ1) is 21.4. The standard InChI is InChI=1S/C20H27N3O5S/c1-22(9-8-16-4-6-18(26-2)19(14-16)27-3)20-7-5-17(15-21-20)29(24,25)23-10-12-28-13-11-23/h4-7,14-15H,8-13H2,1-3H3. The first-order chi connectivity index (χ1) is 14.0. The SMILES string of the molecule is COc1ccc(CCN(C)c2ccc(S(=O)(=O)N3CCOCC3)cn2)cc1OC. The summed E-state index contributed by atoms with van der Waals surface area (Å²) in [7, 11) is 1.63. The number of nitrogens with zero attached hydrogens (tertiary/aromatic N) is 3. The van der Waals surface area contributed by atoms with E-state index in [0.29, 0.717) is 43.6 Å². The molecule has 0 unspecified atom stereocenters. The number of methoxy groups -OCH3 is 2. The number of benzene rings is 1. The Kier molecular flexibility index (Phi) is 6.94. The zero-order valence-electron chi connectivity index (χ0n) is 17.0. The minimum atomic E-state index is -3.53. The van der Waals surface area contributed by atoms with E-state index in [1.54, 1.807) is 26.4 Å². The number of aromatic nitrogens is 1. The molecule has 3 rings (SSSR count). The average Bonchev–Trinajstić information content (AvgIpc) is 2.77. The molecule has 0 spiro atoms. The van der Waals surface area contributed by atoms with Crippen LogP contribution in [0.4, 0.5) is 5.82 Å². The van der Waals surface area contributed by atoms with Crippen LogP contribution < -0.4 is 14.4 Å². The van der Waals surface area contributed by atoms with Crippen LogP contribution in [0.25, 0.3) is 0 Å². The number of pyridine rings is 1. The van der Waals surface area contributed by atoms with Crippen molar-refractivity contribution in [2.75, 3.05) is 59.0 Å². The smallest absolute Gasteiger partial charge is 0.244 e. The molecule has 1 fully saturated rings. The summed E-state index contributed by atoms with van der Waals surface area (Å²) in [6, 6.07) is 9.19. The van der Waals surface area contributed by atoms with Gasteiger partial charge in [0, 0.05) is 32.9 Å². The van der Waals surface area contributed by atoms with Crippen molar-refractivity contribution in [2.24, 2.45) is 0 Å². The van der Waals surface area contributed by atoms with E-state index in [1.165, 1.54) is 10.5 Å². The molecule has 0 atom stereocenters. The maximum Gasteiger partial charge on any atom is 0.244 e. The molecule has 0 radical (unpaired) electrons. The van der Waals surface area contributed by atoms with Gasteiger partial charge in [-0.15, -0.1) is 0 Å². The van der Waals surface area contributed by atoms with Crippen LogP contribution in [-0.2, 0) is 21.2 Å². The van der Waals surface area contributed by atoms with E-state index in [2.05, 4.69) is 4.98 Å². The highest BCUT2D eigenvalue weighted by molar-refractivity contribution is 7.89. The third kappa shape index (κ3) is 4.98. The summed E-state index contributed by atoms with van der Waals surface area (Å²) in [4.78, 5) is 6.55. The molecule has 158 valence electrons. The number of likely N-dealkylation sites (N-methyl/N-ethyl adjacent to an activating group) is 1. The normalized spacial score (nSPS) is 15.1. The predicted molar refractivity (Wildman–Crippen MR) is 110 cm³/mol. The molecule has 1 aromatic heterocycles. The van der Waals surface area contributed by atoms with Crippen molar-refractivity contribution in [1.82, 2.24) is 9.29 Å². The van der Waals surface area contributed by atoms with E-state index < -0.39 is 10.0 Å². The van der Waals surface area contributed by atoms with Crippen LogP contribution in [0.1, 0.15) is 5.56 Å². The first-order valence-electron chi connectivity index (χ1n) is 9.41. The summed E-state index contributed by atoms with van der Waals surface area (Å²) in [5.41, 5.74) is 1.11. The van der Waals surface area contributed by atoms with Crippen molar-refractivity contribution >= 4 is 15.8 Å². The van der Waals surface area contributed by atoms with E-state index in [4.69, 9.17) is 14.2 Å². The van der Waals surface area contributed by atoms with Crippen LogP contribution in [0.5, 0.6) is 11.5 Å². The minimum absolute atomic E-state index is 0.205. The lowest BCUT2D eigenvalue weighted by Gasteiger charge is -2.26. The van der Waals surface area contributed by atoms with Gasteiger partial charge in [0.15, 0.2) is 11.5 Å². The Labute approximate surface area is 172 Å². The molecule has 1 aromatic carbocycles. The van der Waals surface area contributed by atoms with E-state index in [9.17, 15) is 8.42 Å². The Bertz CT molecular complexity index is 912. The number of anilines is 1. The van der Waals surface area contributed by atoms with Gasteiger partial charge in [0.05, 0.1) is 27.4 Å². The fourth-order valence-electron chi connectivity index (χ4n) is 3.13. The zero-order valence-corrected chi connectivity index (χ0v) is 17.8. The number of rotatable bonds is 8. The third-order valence-electron chi connectivity index (χ3n) is 4.90. The summed E-state index contributed by atoms with van der Waals surface area (Å²) in [5.74, 6) is 2.11. The summed E-state index contributed by atoms with van der Waals surface area (Å²) in [6.45, 7) is 2.30. The fourth-order valence-corrected chi connectivity index (χ4v) is 4.49. The topological polar surface area (TPSA) is 81.2 Å². The first-order valence-corrected chi connectivity index (χ1v) is 10.9. The van der Waals surface area contributed by atoms with Crippen molar-refractivity contribution < 1.29 is 22.6 Å². The molecule has 8 nitrogen and oxygen atoms in total. The zero-order chi connectivity index (χ0) is 20.9. The minimum Gasteiger partial charge on any atom is -0.493 e. The Morgan fingerprint density at radius 2 is 1.83 bits per heavy atom. The van der Waals surface area contributed by atoms with Crippen molar-refractivity contribution in [3.8, 4) is 11.5 Å². The predicted octanol–water partition coefficient (Wildman–Crippen LogP) is 1.80. The molecule has 1 aliphatic rings. The van der Waals surface area contributed by atoms with Crippen molar-refractivity contribution in [3.63, 3.8) is 0 Å². The largest absolute Gasteiger partial charge is 0.493 e. The molecule has 1 saturated heterocycles. The number of morpholine rings is 1. The molecule has 1 aliphatic heterocycles. The van der Waals surface area contributed by atoms with Gasteiger partial charge in [-0.1, -0.05) is 6.07 Å². The second-order valence-corrected chi connectivity index (χ2v) is 8.67. The highest BCUT2D eigenvalue weighted by atomic mass is 32.2. The molecule has 0 N–H and O–H groups in total. The van der Waals surface area contributed by atoms with Crippen molar-refractivity contribution in [1.29, 1.82) is 0 Å². The quantitative estimate of drug-likeness (QED) is 0.643. The molecular weight excluding hydrogens is 394 g/mol. The molecule has 9 heteroatoms. The number of hydrogen-bond donors (Lipinski definition) is 0. The maximum absolute atomic E-state index is 12.7. The third-order valence-corrected chi connectivity index (χ3v) is 6.79. The molecule has 2 heterocycles. The lowest BCUT2D eigenvalue weighted by molar-refractivity contribution is 0.0730. The van der Waals surface area contributed by atoms with Gasteiger partial charge in [0.2, 0.25) is 10.0 Å². The van der Waals surface area contributed by atoms with Crippen LogP contribution in [0.3, 0.4) is 0 Å². The number of sulfonamides is 1. The van der Waals surface area contributed by atoms with Gasteiger partial charge < -0.3 is 19.1 Å². The summed E-state index contributed by atoms with van der Waals surface area (Å²) in [5, 5.41) is 0. The Morgan fingerprint density at radius 3 is 2.45 bits per heavy atom. The summed E-state index contributed by atoms with van der Waals surface area (Å²) in [6.07, 6.45) is 2.21. The Morgan fingerprint density at radius 1 is 1.10 bits per heavy atom. The number of ether oxygens (including phenoxy) is 3. The van der Waals surface area contributed by atoms with Crippen LogP contribution >= 0.6 is 0 Å². The maximum atomic E-state index is 12.7. The van der Waals surface area contributed by atoms with Crippen LogP contribution in [0.15, 0.2) is 41.4 Å².